The Morgan fingerprint density at radius 2 is 1.92 bits per heavy atom. The molecule has 0 aliphatic heterocycles. The number of allylic oxidation sites excluding steroid dienone is 2. The number of rotatable bonds is 9. The van der Waals surface area contributed by atoms with Gasteiger partial charge in [0.05, 0.1) is 25.0 Å². The highest BCUT2D eigenvalue weighted by atomic mass is 79.9. The van der Waals surface area contributed by atoms with Crippen LogP contribution in [-0.4, -0.2) is 52.1 Å². The van der Waals surface area contributed by atoms with Crippen molar-refractivity contribution in [2.45, 2.75) is 6.61 Å². The zero-order valence-electron chi connectivity index (χ0n) is 13.5. The average molecular weight is 499 g/mol. The number of hydrogen-bond acceptors (Lipinski definition) is 5. The SMILES string of the molecule is COC1=CC(=O)c2[nH]cc(COP(N)(=O)N(CCBr)CCBr)c2C1=O. The zero-order chi connectivity index (χ0) is 18.6. The second-order valence-electron chi connectivity index (χ2n) is 5.14. The van der Waals surface area contributed by atoms with Gasteiger partial charge in [0.15, 0.2) is 5.76 Å². The lowest BCUT2D eigenvalue weighted by Crippen LogP contribution is -2.29. The first-order valence-corrected chi connectivity index (χ1v) is 11.2. The van der Waals surface area contributed by atoms with Gasteiger partial charge < -0.3 is 14.2 Å². The maximum atomic E-state index is 12.7. The molecule has 1 aliphatic rings. The van der Waals surface area contributed by atoms with Crippen LogP contribution < -0.4 is 5.50 Å². The molecule has 138 valence electrons. The highest BCUT2D eigenvalue weighted by Crippen LogP contribution is 2.43. The third-order valence-corrected chi connectivity index (χ3v) is 6.02. The number of carbonyl (C=O) groups is 2. The number of nitrogens with two attached hydrogens (primary N) is 1. The van der Waals surface area contributed by atoms with E-state index >= 15 is 0 Å². The summed E-state index contributed by atoms with van der Waals surface area (Å²) in [4.78, 5) is 27.2. The molecule has 1 aromatic heterocycles. The molecule has 0 aromatic carbocycles. The smallest absolute Gasteiger partial charge is 0.341 e. The number of Topliss-reactive ketones (excluding diaryl/α,β-unsaturated/α-hetero) is 1. The van der Waals surface area contributed by atoms with Gasteiger partial charge in [0.1, 0.15) is 0 Å². The van der Waals surface area contributed by atoms with Crippen molar-refractivity contribution in [2.24, 2.45) is 5.50 Å². The summed E-state index contributed by atoms with van der Waals surface area (Å²) < 4.78 is 24.6. The Balaban J connectivity index is 2.20. The molecule has 25 heavy (non-hydrogen) atoms. The van der Waals surface area contributed by atoms with Crippen LogP contribution >= 0.6 is 39.5 Å². The van der Waals surface area contributed by atoms with Crippen LogP contribution in [0.3, 0.4) is 0 Å². The van der Waals surface area contributed by atoms with Crippen molar-refractivity contribution in [1.82, 2.24) is 9.65 Å². The number of H-pyrrole nitrogens is 1. The van der Waals surface area contributed by atoms with Crippen molar-refractivity contribution in [3.05, 3.63) is 34.9 Å². The summed E-state index contributed by atoms with van der Waals surface area (Å²) in [5, 5.41) is 1.16. The van der Waals surface area contributed by atoms with Gasteiger partial charge in [0.25, 0.3) is 0 Å². The number of fused-ring (bicyclic) bond motifs is 1. The van der Waals surface area contributed by atoms with Gasteiger partial charge in [-0.25, -0.2) is 10.2 Å². The lowest BCUT2D eigenvalue weighted by atomic mass is 9.97. The first-order valence-electron chi connectivity index (χ1n) is 7.31. The molecule has 3 N–H and O–H groups in total. The van der Waals surface area contributed by atoms with Gasteiger partial charge in [0, 0.05) is 41.6 Å². The number of alkyl halides is 2. The number of halogens is 2. The molecule has 0 fully saturated rings. The molecule has 0 amide bonds. The minimum Gasteiger partial charge on any atom is -0.492 e. The minimum absolute atomic E-state index is 0.0468. The number of carbonyl (C=O) groups excluding carboxylic acids is 2. The molecule has 0 radical (unpaired) electrons. The Bertz CT molecular complexity index is 743. The number of ketones is 2. The van der Waals surface area contributed by atoms with E-state index in [0.717, 1.165) is 6.08 Å². The molecule has 8 nitrogen and oxygen atoms in total. The molecule has 0 bridgehead atoms. The first-order chi connectivity index (χ1) is 11.9. The Morgan fingerprint density at radius 3 is 2.48 bits per heavy atom. The third-order valence-electron chi connectivity index (χ3n) is 3.63. The van der Waals surface area contributed by atoms with E-state index in [1.54, 1.807) is 0 Å². The van der Waals surface area contributed by atoms with Crippen molar-refractivity contribution < 1.29 is 23.4 Å². The quantitative estimate of drug-likeness (QED) is 0.397. The molecule has 1 heterocycles. The number of aromatic nitrogens is 1. The Kier molecular flexibility index (Phi) is 7.19. The van der Waals surface area contributed by atoms with Crippen molar-refractivity contribution in [1.29, 1.82) is 0 Å². The second-order valence-corrected chi connectivity index (χ2v) is 8.68. The van der Waals surface area contributed by atoms with Crippen molar-refractivity contribution >= 4 is 51.1 Å². The zero-order valence-corrected chi connectivity index (χ0v) is 17.5. The summed E-state index contributed by atoms with van der Waals surface area (Å²) in [5.74, 6) is -0.843. The van der Waals surface area contributed by atoms with Crippen LogP contribution in [0.25, 0.3) is 0 Å². The van der Waals surface area contributed by atoms with Crippen LogP contribution in [0, 0.1) is 0 Å². The van der Waals surface area contributed by atoms with Gasteiger partial charge in [-0.2, -0.15) is 0 Å². The van der Waals surface area contributed by atoms with Gasteiger partial charge in [-0.3, -0.25) is 14.2 Å². The molecular formula is C14H18Br2N3O5P. The summed E-state index contributed by atoms with van der Waals surface area (Å²) in [6, 6.07) is 0. The van der Waals surface area contributed by atoms with Crippen LogP contribution in [0.15, 0.2) is 18.0 Å². The third kappa shape index (κ3) is 4.50. The van der Waals surface area contributed by atoms with E-state index in [4.69, 9.17) is 14.8 Å². The largest absolute Gasteiger partial charge is 0.492 e. The number of ether oxygens (including phenoxy) is 1. The van der Waals surface area contributed by atoms with Gasteiger partial charge in [-0.1, -0.05) is 31.9 Å². The number of methoxy groups -OCH3 is 1. The molecule has 1 aromatic rings. The summed E-state index contributed by atoms with van der Waals surface area (Å²) in [5.41, 5.74) is 6.59. The molecular weight excluding hydrogens is 481 g/mol. The van der Waals surface area contributed by atoms with Crippen molar-refractivity contribution in [2.75, 3.05) is 30.9 Å². The fourth-order valence-electron chi connectivity index (χ4n) is 2.39. The second kappa shape index (κ2) is 8.75. The molecule has 11 heteroatoms. The maximum absolute atomic E-state index is 12.7. The van der Waals surface area contributed by atoms with Crippen molar-refractivity contribution in [3.8, 4) is 0 Å². The molecule has 0 spiro atoms. The van der Waals surface area contributed by atoms with Gasteiger partial charge in [-0.15, -0.1) is 0 Å². The maximum Gasteiger partial charge on any atom is 0.341 e. The normalized spacial score (nSPS) is 16.6. The van der Waals surface area contributed by atoms with E-state index in [0.29, 0.717) is 29.3 Å². The molecule has 1 unspecified atom stereocenters. The van der Waals surface area contributed by atoms with Crippen LogP contribution in [0.1, 0.15) is 26.4 Å². The standard InChI is InChI=1S/C14H18Br2N3O5P/c1-23-11-6-10(20)13-12(14(11)21)9(7-18-13)8-24-25(17,22)19(4-2-15)5-3-16/h6-7,18H,2-5,8H2,1H3,(H2,17,22). The summed E-state index contributed by atoms with van der Waals surface area (Å²) in [6.45, 7) is 0.716. The van der Waals surface area contributed by atoms with E-state index in [1.807, 2.05) is 0 Å². The highest BCUT2D eigenvalue weighted by Gasteiger charge is 2.32. The summed E-state index contributed by atoms with van der Waals surface area (Å²) >= 11 is 6.57. The molecule has 2 rings (SSSR count). The van der Waals surface area contributed by atoms with Crippen LogP contribution in [0.2, 0.25) is 0 Å². The number of aromatic amines is 1. The fourth-order valence-corrected chi connectivity index (χ4v) is 5.04. The topological polar surface area (TPSA) is 115 Å². The van der Waals surface area contributed by atoms with E-state index in [2.05, 4.69) is 36.8 Å². The van der Waals surface area contributed by atoms with Gasteiger partial charge in [-0.05, 0) is 0 Å². The minimum atomic E-state index is -3.55. The molecule has 1 atom stereocenters. The first kappa shape index (κ1) is 20.5. The number of hydrogen-bond donors (Lipinski definition) is 2. The predicted octanol–water partition coefficient (Wildman–Crippen LogP) is 2.60. The number of nitrogens with zero attached hydrogens (tertiary/aromatic N) is 1. The monoisotopic (exact) mass is 497 g/mol. The van der Waals surface area contributed by atoms with Crippen LogP contribution in [0.4, 0.5) is 0 Å². The predicted molar refractivity (Wildman–Crippen MR) is 100 cm³/mol. The Morgan fingerprint density at radius 1 is 1.28 bits per heavy atom. The molecule has 0 saturated heterocycles. The Hall–Kier alpha value is -0.770. The van der Waals surface area contributed by atoms with Crippen LogP contribution in [-0.2, 0) is 20.4 Å². The van der Waals surface area contributed by atoms with E-state index in [9.17, 15) is 14.2 Å². The number of nitrogens with one attached hydrogen (secondary N) is 1. The summed E-state index contributed by atoms with van der Waals surface area (Å²) in [6.07, 6.45) is 2.61. The van der Waals surface area contributed by atoms with E-state index in [1.165, 1.54) is 18.0 Å². The van der Waals surface area contributed by atoms with Gasteiger partial charge in [0.2, 0.25) is 11.6 Å². The van der Waals surface area contributed by atoms with Crippen LogP contribution in [0.5, 0.6) is 0 Å². The highest BCUT2D eigenvalue weighted by molar-refractivity contribution is 9.09. The fraction of sp³-hybridized carbons (Fsp3) is 0.429. The average Bonchev–Trinajstić information content (AvgIpc) is 3.01. The van der Waals surface area contributed by atoms with Gasteiger partial charge >= 0.3 is 7.67 Å². The van der Waals surface area contributed by atoms with Crippen molar-refractivity contribution in [3.63, 3.8) is 0 Å². The van der Waals surface area contributed by atoms with E-state index in [-0.39, 0.29) is 29.4 Å². The summed E-state index contributed by atoms with van der Waals surface area (Å²) in [7, 11) is -2.24. The Labute approximate surface area is 161 Å². The lowest BCUT2D eigenvalue weighted by Gasteiger charge is -2.26. The lowest BCUT2D eigenvalue weighted by molar-refractivity contribution is 0.0913. The molecule has 1 aliphatic carbocycles. The molecule has 0 saturated carbocycles. The van der Waals surface area contributed by atoms with E-state index < -0.39 is 13.5 Å².